The molecule has 0 bridgehead atoms. The molecule has 0 atom stereocenters. The van der Waals surface area contributed by atoms with Gasteiger partial charge in [0, 0.05) is 143 Å². The Hall–Kier alpha value is -6.21. The number of halogens is 2. The summed E-state index contributed by atoms with van der Waals surface area (Å²) in [5, 5.41) is 0. The summed E-state index contributed by atoms with van der Waals surface area (Å²) in [5.74, 6) is 4.03. The summed E-state index contributed by atoms with van der Waals surface area (Å²) in [6.07, 6.45) is 18.1. The van der Waals surface area contributed by atoms with Gasteiger partial charge < -0.3 is 26.3 Å². The fourth-order valence-corrected chi connectivity index (χ4v) is 7.76. The largest absolute Gasteiger partial charge is 1.00 e. The molecule has 15 nitrogen and oxygen atoms in total. The molecule has 9 heterocycles. The number of fused-ring (bicyclic) bond motifs is 3. The number of aldehydes is 1. The minimum absolute atomic E-state index is 0. The van der Waals surface area contributed by atoms with Gasteiger partial charge in [0.15, 0.2) is 12.1 Å². The normalized spacial score (nSPS) is 11.6. The fraction of sp³-hybridized carbons (Fsp3) is 0.278. The van der Waals surface area contributed by atoms with Gasteiger partial charge in [-0.15, -0.1) is 11.6 Å². The molecule has 1 aliphatic heterocycles. The molecule has 2 radical (unpaired) electrons. The Labute approximate surface area is 465 Å². The van der Waals surface area contributed by atoms with Crippen molar-refractivity contribution in [1.82, 2.24) is 62.2 Å². The Bertz CT molecular complexity index is 3280. The molecule has 8 aromatic heterocycles. The van der Waals surface area contributed by atoms with Crippen LogP contribution >= 0.6 is 11.6 Å². The molecule has 0 spiro atoms. The Balaban J connectivity index is 0.000000210. The van der Waals surface area contributed by atoms with Crippen LogP contribution in [0.15, 0.2) is 110 Å². The average molecular weight is 1240 g/mol. The molecule has 376 valence electrons. The molecular formula is C54H61BCl2N13O2U-. The molecule has 0 N–H and O–H groups in total. The SMILES string of the molecule is C1CCOC1.CCc1cn2c(C)cc(C)nc2n1.Cc1cc(C)n2cc(/C=C/c3nc(-c4ccccc4)cn3C)nc2n1.Cc1cc(C)n2cc(CCl)nc2n1.Cn1cc(-c2ccccc2)nc1C=O.[2H][B].[Cl-].[U]. The fourth-order valence-electron chi connectivity index (χ4n) is 7.63. The topological polar surface area (TPSA) is 153 Å². The summed E-state index contributed by atoms with van der Waals surface area (Å²) < 4.78 is 19.9. The predicted molar refractivity (Wildman–Crippen MR) is 285 cm³/mol. The maximum absolute atomic E-state index is 10.6. The van der Waals surface area contributed by atoms with Crippen molar-refractivity contribution >= 4 is 55.7 Å². The number of benzene rings is 2. The zero-order valence-corrected chi connectivity index (χ0v) is 48.5. The third-order valence-electron chi connectivity index (χ3n) is 11.2. The maximum atomic E-state index is 10.6. The van der Waals surface area contributed by atoms with Crippen molar-refractivity contribution in [2.24, 2.45) is 14.1 Å². The van der Waals surface area contributed by atoms with E-state index < -0.39 is 0 Å². The van der Waals surface area contributed by atoms with Crippen molar-refractivity contribution in [3.63, 3.8) is 0 Å². The second-order valence-corrected chi connectivity index (χ2v) is 17.2. The number of ether oxygens (including phenoxy) is 1. The number of aryl methyl sites for hydroxylation is 9. The van der Waals surface area contributed by atoms with E-state index in [0.717, 1.165) is 117 Å². The second kappa shape index (κ2) is 28.3. The number of hydrogen-bond donors (Lipinski definition) is 0. The van der Waals surface area contributed by atoms with Crippen molar-refractivity contribution in [1.29, 1.82) is 1.34 Å². The molecule has 19 heteroatoms. The molecule has 1 fully saturated rings. The van der Waals surface area contributed by atoms with E-state index in [2.05, 4.69) is 88.4 Å². The van der Waals surface area contributed by atoms with Gasteiger partial charge in [0.2, 0.25) is 17.3 Å². The van der Waals surface area contributed by atoms with E-state index in [1.165, 1.54) is 18.5 Å². The standard InChI is InChI=1S/C20H19N5.C11H10N2O.C10H13N3.C9H10ClN3.C4H8O.BH.ClH.U/c1-14-11-15(2)25-12-17(22-20(25)21-14)9-10-19-23-18(13-24(19)3)16-7-5-4-6-8-16;1-13-7-10(12-11(13)8-14)9-5-3-2-4-6-9;1-4-9-6-13-8(3)5-7(2)11-10(13)12-9;1-6-3-7(2)13-5-8(4-10)12-9(13)11-6;1-2-4-5-3-1;;;/h4-13H,1-3H3;2-8H,1H3;5-6H,4H2,1-3H3;3,5H,4H2,1-2H3;1-4H2;2*1H;/p-1/b10-9+;;;;;;;/i;;;;;1D;;. The number of carbonyl (C=O) groups is 1. The van der Waals surface area contributed by atoms with Crippen LogP contribution in [0, 0.1) is 72.7 Å². The van der Waals surface area contributed by atoms with Crippen LogP contribution in [0.25, 0.3) is 52.0 Å². The van der Waals surface area contributed by atoms with Crippen LogP contribution in [-0.2, 0) is 31.1 Å². The van der Waals surface area contributed by atoms with E-state index in [1.54, 1.807) is 4.57 Å². The molecule has 73 heavy (non-hydrogen) atoms. The van der Waals surface area contributed by atoms with Gasteiger partial charge in [-0.1, -0.05) is 67.6 Å². The Morgan fingerprint density at radius 3 is 1.44 bits per heavy atom. The first kappa shape index (κ1) is 57.7. The summed E-state index contributed by atoms with van der Waals surface area (Å²) >= 11 is 5.69. The van der Waals surface area contributed by atoms with Gasteiger partial charge in [-0.2, -0.15) is 0 Å². The summed E-state index contributed by atoms with van der Waals surface area (Å²) in [7, 11) is 7.56. The number of hydrogen-bond acceptors (Lipinski definition) is 10. The zero-order valence-electron chi connectivity index (χ0n) is 43.8. The van der Waals surface area contributed by atoms with Crippen molar-refractivity contribution in [2.75, 3.05) is 13.2 Å². The van der Waals surface area contributed by atoms with Gasteiger partial charge in [-0.3, -0.25) is 18.0 Å². The number of rotatable bonds is 7. The first-order valence-electron chi connectivity index (χ1n) is 23.8. The number of imidazole rings is 5. The molecule has 1 aliphatic rings. The van der Waals surface area contributed by atoms with Gasteiger partial charge in [0.25, 0.3) is 0 Å². The Morgan fingerprint density at radius 2 is 1.01 bits per heavy atom. The minimum Gasteiger partial charge on any atom is -1.00 e. The minimum atomic E-state index is 0. The molecule has 0 amide bonds. The molecule has 2 aromatic carbocycles. The van der Waals surface area contributed by atoms with Gasteiger partial charge >= 0.3 is 0 Å². The maximum Gasteiger partial charge on any atom is 0.234 e. The Morgan fingerprint density at radius 1 is 0.589 bits per heavy atom. The third kappa shape index (κ3) is 15.9. The van der Waals surface area contributed by atoms with E-state index in [-0.39, 0.29) is 43.5 Å². The number of carbonyl (C=O) groups excluding carboxylic acids is 1. The van der Waals surface area contributed by atoms with Crippen LogP contribution in [0.5, 0.6) is 0 Å². The quantitative estimate of drug-likeness (QED) is 0.0931. The summed E-state index contributed by atoms with van der Waals surface area (Å²) in [5.41, 5.74) is 13.2. The molecule has 0 saturated carbocycles. The van der Waals surface area contributed by atoms with Crippen LogP contribution in [0.3, 0.4) is 0 Å². The van der Waals surface area contributed by atoms with Crippen LogP contribution in [0.2, 0.25) is 0 Å². The predicted octanol–water partition coefficient (Wildman–Crippen LogP) is 6.96. The van der Waals surface area contributed by atoms with Gasteiger partial charge in [0.1, 0.15) is 5.82 Å². The van der Waals surface area contributed by atoms with Crippen LogP contribution in [0.1, 0.15) is 87.5 Å². The van der Waals surface area contributed by atoms with Crippen LogP contribution in [0.4, 0.5) is 0 Å². The number of nitrogens with zero attached hydrogens (tertiary/aromatic N) is 13. The van der Waals surface area contributed by atoms with E-state index in [4.69, 9.17) is 22.7 Å². The molecular weight excluding hydrogens is 1180 g/mol. The van der Waals surface area contributed by atoms with Gasteiger partial charge in [-0.05, 0) is 92.5 Å². The first-order valence-corrected chi connectivity index (χ1v) is 23.8. The second-order valence-electron chi connectivity index (χ2n) is 16.9. The van der Waals surface area contributed by atoms with Crippen LogP contribution in [-0.4, -0.2) is 91.4 Å². The van der Waals surface area contributed by atoms with Crippen molar-refractivity contribution < 1.29 is 53.1 Å². The van der Waals surface area contributed by atoms with E-state index in [1.807, 2.05) is 157 Å². The monoisotopic (exact) mass is 1240 g/mol. The molecule has 0 aliphatic carbocycles. The smallest absolute Gasteiger partial charge is 0.234 e. The van der Waals surface area contributed by atoms with E-state index in [0.29, 0.717) is 11.7 Å². The summed E-state index contributed by atoms with van der Waals surface area (Å²) in [6, 6.07) is 26.1. The summed E-state index contributed by atoms with van der Waals surface area (Å²) in [6.45, 7) is 16.2. The number of alkyl halides is 1. The molecule has 0 unspecified atom stereocenters. The summed E-state index contributed by atoms with van der Waals surface area (Å²) in [4.78, 5) is 45.9. The molecule has 1 saturated heterocycles. The molecule has 10 aromatic rings. The zero-order chi connectivity index (χ0) is 51.7. The average Bonchev–Trinajstić information content (AvgIpc) is 4.26. The first-order chi connectivity index (χ1) is 34.8. The van der Waals surface area contributed by atoms with Crippen LogP contribution < -0.4 is 12.4 Å². The number of aromatic nitrogens is 13. The van der Waals surface area contributed by atoms with E-state index in [9.17, 15) is 4.79 Å². The van der Waals surface area contributed by atoms with Crippen molar-refractivity contribution in [3.8, 4) is 22.5 Å². The van der Waals surface area contributed by atoms with Gasteiger partial charge in [-0.25, -0.2) is 39.9 Å². The van der Waals surface area contributed by atoms with Crippen molar-refractivity contribution in [3.05, 3.63) is 173 Å². The third-order valence-corrected chi connectivity index (χ3v) is 11.5. The van der Waals surface area contributed by atoms with Gasteiger partial charge in [0.05, 0.1) is 34.3 Å². The van der Waals surface area contributed by atoms with Crippen molar-refractivity contribution in [2.45, 2.75) is 73.6 Å². The Kier molecular flexibility index (Phi) is 22.4. The van der Waals surface area contributed by atoms with E-state index >= 15 is 0 Å². The molecule has 11 rings (SSSR count).